The summed E-state index contributed by atoms with van der Waals surface area (Å²) in [6.07, 6.45) is 1.02. The van der Waals surface area contributed by atoms with Crippen LogP contribution in [-0.4, -0.2) is 29.9 Å². The molecule has 1 saturated heterocycles. The minimum Gasteiger partial charge on any atom is -0.326 e. The number of rotatable bonds is 3. The van der Waals surface area contributed by atoms with Gasteiger partial charge in [-0.05, 0) is 18.1 Å². The number of nitrogens with one attached hydrogen (secondary N) is 1. The average molecular weight is 234 g/mol. The smallest absolute Gasteiger partial charge is 0.265 e. The quantitative estimate of drug-likeness (QED) is 0.385. The van der Waals surface area contributed by atoms with Crippen LogP contribution in [0.4, 0.5) is 0 Å². The molecular weight excluding hydrogens is 216 g/mol. The summed E-state index contributed by atoms with van der Waals surface area (Å²) >= 11 is 0. The molecule has 0 aromatic heterocycles. The SMILES string of the molecule is NNC(=O)c1ccccc1CN1CCC(N)C1. The van der Waals surface area contributed by atoms with Crippen molar-refractivity contribution >= 4 is 5.91 Å². The summed E-state index contributed by atoms with van der Waals surface area (Å²) in [7, 11) is 0. The van der Waals surface area contributed by atoms with E-state index in [4.69, 9.17) is 11.6 Å². The van der Waals surface area contributed by atoms with Crippen molar-refractivity contribution in [3.63, 3.8) is 0 Å². The van der Waals surface area contributed by atoms with Crippen LogP contribution in [0.25, 0.3) is 0 Å². The molecule has 1 aromatic carbocycles. The zero-order valence-electron chi connectivity index (χ0n) is 9.73. The monoisotopic (exact) mass is 234 g/mol. The Morgan fingerprint density at radius 3 is 2.88 bits per heavy atom. The molecule has 0 spiro atoms. The van der Waals surface area contributed by atoms with Crippen molar-refractivity contribution in [2.24, 2.45) is 11.6 Å². The molecule has 1 heterocycles. The van der Waals surface area contributed by atoms with E-state index >= 15 is 0 Å². The van der Waals surface area contributed by atoms with Crippen molar-refractivity contribution in [3.8, 4) is 0 Å². The first-order valence-electron chi connectivity index (χ1n) is 5.77. The highest BCUT2D eigenvalue weighted by Crippen LogP contribution is 2.15. The van der Waals surface area contributed by atoms with Crippen LogP contribution < -0.4 is 17.0 Å². The van der Waals surface area contributed by atoms with Crippen LogP contribution in [-0.2, 0) is 6.54 Å². The lowest BCUT2D eigenvalue weighted by Crippen LogP contribution is -2.32. The molecule has 0 saturated carbocycles. The van der Waals surface area contributed by atoms with E-state index < -0.39 is 0 Å². The molecule has 1 atom stereocenters. The van der Waals surface area contributed by atoms with Gasteiger partial charge in [0.2, 0.25) is 0 Å². The fourth-order valence-corrected chi connectivity index (χ4v) is 2.20. The second-order valence-corrected chi connectivity index (χ2v) is 4.41. The predicted molar refractivity (Wildman–Crippen MR) is 66.0 cm³/mol. The number of hydrogen-bond acceptors (Lipinski definition) is 4. The lowest BCUT2D eigenvalue weighted by Gasteiger charge is -2.17. The standard InChI is InChI=1S/C12H18N4O/c13-10-5-6-16(8-10)7-9-3-1-2-4-11(9)12(17)15-14/h1-4,10H,5-8,13-14H2,(H,15,17). The number of hydrogen-bond donors (Lipinski definition) is 3. The van der Waals surface area contributed by atoms with E-state index in [1.165, 1.54) is 0 Å². The van der Waals surface area contributed by atoms with Crippen molar-refractivity contribution in [3.05, 3.63) is 35.4 Å². The number of nitrogen functional groups attached to an aromatic ring is 1. The van der Waals surface area contributed by atoms with Crippen LogP contribution in [0.2, 0.25) is 0 Å². The van der Waals surface area contributed by atoms with Crippen LogP contribution in [0, 0.1) is 0 Å². The number of nitrogens with two attached hydrogens (primary N) is 2. The number of benzene rings is 1. The highest BCUT2D eigenvalue weighted by Gasteiger charge is 2.20. The van der Waals surface area contributed by atoms with Gasteiger partial charge in [-0.3, -0.25) is 15.1 Å². The number of nitrogens with zero attached hydrogens (tertiary/aromatic N) is 1. The normalized spacial score (nSPS) is 20.5. The Labute approximate surface area is 101 Å². The third kappa shape index (κ3) is 2.82. The first kappa shape index (κ1) is 12.0. The van der Waals surface area contributed by atoms with Gasteiger partial charge in [-0.2, -0.15) is 0 Å². The minimum atomic E-state index is -0.246. The molecule has 1 aromatic rings. The summed E-state index contributed by atoms with van der Waals surface area (Å²) in [6.45, 7) is 2.62. The Morgan fingerprint density at radius 2 is 2.24 bits per heavy atom. The molecule has 0 aliphatic carbocycles. The topological polar surface area (TPSA) is 84.4 Å². The van der Waals surface area contributed by atoms with Crippen molar-refractivity contribution in [2.75, 3.05) is 13.1 Å². The summed E-state index contributed by atoms with van der Waals surface area (Å²) in [6, 6.07) is 7.76. The molecule has 1 fully saturated rings. The van der Waals surface area contributed by atoms with Gasteiger partial charge in [0.05, 0.1) is 0 Å². The summed E-state index contributed by atoms with van der Waals surface area (Å²) in [5, 5.41) is 0. The molecule has 1 amide bonds. The van der Waals surface area contributed by atoms with E-state index in [1.54, 1.807) is 6.07 Å². The van der Waals surface area contributed by atoms with Crippen molar-refractivity contribution in [1.82, 2.24) is 10.3 Å². The van der Waals surface area contributed by atoms with E-state index in [-0.39, 0.29) is 11.9 Å². The van der Waals surface area contributed by atoms with Gasteiger partial charge < -0.3 is 5.73 Å². The van der Waals surface area contributed by atoms with E-state index in [1.807, 2.05) is 18.2 Å². The molecule has 1 unspecified atom stereocenters. The van der Waals surface area contributed by atoms with Gasteiger partial charge in [0, 0.05) is 31.2 Å². The molecule has 5 N–H and O–H groups in total. The molecule has 2 rings (SSSR count). The van der Waals surface area contributed by atoms with Gasteiger partial charge in [0.1, 0.15) is 0 Å². The van der Waals surface area contributed by atoms with E-state index in [0.29, 0.717) is 5.56 Å². The second kappa shape index (κ2) is 5.27. The zero-order chi connectivity index (χ0) is 12.3. The first-order valence-corrected chi connectivity index (χ1v) is 5.77. The fourth-order valence-electron chi connectivity index (χ4n) is 2.20. The molecule has 1 aliphatic rings. The number of hydrazine groups is 1. The number of likely N-dealkylation sites (tertiary alicyclic amines) is 1. The van der Waals surface area contributed by atoms with Crippen LogP contribution in [0.15, 0.2) is 24.3 Å². The van der Waals surface area contributed by atoms with E-state index in [0.717, 1.165) is 31.6 Å². The lowest BCUT2D eigenvalue weighted by molar-refractivity contribution is 0.0952. The molecule has 5 heteroatoms. The molecule has 0 radical (unpaired) electrons. The zero-order valence-corrected chi connectivity index (χ0v) is 9.73. The van der Waals surface area contributed by atoms with Gasteiger partial charge in [-0.25, -0.2) is 5.84 Å². The molecule has 92 valence electrons. The van der Waals surface area contributed by atoms with Crippen LogP contribution >= 0.6 is 0 Å². The number of carbonyl (C=O) groups is 1. The van der Waals surface area contributed by atoms with Crippen molar-refractivity contribution in [1.29, 1.82) is 0 Å². The Balaban J connectivity index is 2.12. The number of amides is 1. The van der Waals surface area contributed by atoms with Crippen LogP contribution in [0.3, 0.4) is 0 Å². The van der Waals surface area contributed by atoms with Gasteiger partial charge in [0.15, 0.2) is 0 Å². The fraction of sp³-hybridized carbons (Fsp3) is 0.417. The Morgan fingerprint density at radius 1 is 1.47 bits per heavy atom. The van der Waals surface area contributed by atoms with E-state index in [9.17, 15) is 4.79 Å². The molecular formula is C12H18N4O. The third-order valence-electron chi connectivity index (χ3n) is 3.10. The Kier molecular flexibility index (Phi) is 3.73. The summed E-state index contributed by atoms with van der Waals surface area (Å²) in [5.41, 5.74) is 9.66. The van der Waals surface area contributed by atoms with Crippen molar-refractivity contribution < 1.29 is 4.79 Å². The molecule has 0 bridgehead atoms. The molecule has 1 aliphatic heterocycles. The molecule has 17 heavy (non-hydrogen) atoms. The second-order valence-electron chi connectivity index (χ2n) is 4.41. The maximum Gasteiger partial charge on any atom is 0.265 e. The summed E-state index contributed by atoms with van der Waals surface area (Å²) < 4.78 is 0. The summed E-state index contributed by atoms with van der Waals surface area (Å²) in [5.74, 6) is 4.92. The van der Waals surface area contributed by atoms with Crippen molar-refractivity contribution in [2.45, 2.75) is 19.0 Å². The van der Waals surface area contributed by atoms with Gasteiger partial charge in [-0.1, -0.05) is 18.2 Å². The average Bonchev–Trinajstić information content (AvgIpc) is 2.74. The highest BCUT2D eigenvalue weighted by atomic mass is 16.2. The van der Waals surface area contributed by atoms with Gasteiger partial charge >= 0.3 is 0 Å². The summed E-state index contributed by atoms with van der Waals surface area (Å²) in [4.78, 5) is 13.9. The largest absolute Gasteiger partial charge is 0.326 e. The van der Waals surface area contributed by atoms with Crippen LogP contribution in [0.1, 0.15) is 22.3 Å². The predicted octanol–water partition coefficient (Wildman–Crippen LogP) is -0.177. The first-order chi connectivity index (χ1) is 8.20. The third-order valence-corrected chi connectivity index (χ3v) is 3.10. The Hall–Kier alpha value is -1.43. The van der Waals surface area contributed by atoms with Gasteiger partial charge in [-0.15, -0.1) is 0 Å². The van der Waals surface area contributed by atoms with E-state index in [2.05, 4.69) is 10.3 Å². The highest BCUT2D eigenvalue weighted by molar-refractivity contribution is 5.95. The lowest BCUT2D eigenvalue weighted by atomic mass is 10.1. The maximum atomic E-state index is 11.6. The van der Waals surface area contributed by atoms with Gasteiger partial charge in [0.25, 0.3) is 5.91 Å². The molecule has 5 nitrogen and oxygen atoms in total. The van der Waals surface area contributed by atoms with Crippen LogP contribution in [0.5, 0.6) is 0 Å². The maximum absolute atomic E-state index is 11.6. The minimum absolute atomic E-state index is 0.246. The number of carbonyl (C=O) groups excluding carboxylic acids is 1. The Bertz CT molecular complexity index is 407.